The van der Waals surface area contributed by atoms with Crippen LogP contribution in [0.4, 0.5) is 20.4 Å². The molecule has 0 atom stereocenters. The fourth-order valence-electron chi connectivity index (χ4n) is 5.06. The third kappa shape index (κ3) is 7.41. The zero-order valence-corrected chi connectivity index (χ0v) is 25.2. The quantitative estimate of drug-likeness (QED) is 0.167. The van der Waals surface area contributed by atoms with Crippen molar-refractivity contribution >= 4 is 45.0 Å². The molecule has 238 valence electrons. The lowest BCUT2D eigenvalue weighted by molar-refractivity contribution is -0.0498. The zero-order chi connectivity index (χ0) is 32.4. The summed E-state index contributed by atoms with van der Waals surface area (Å²) in [7, 11) is -4.03. The van der Waals surface area contributed by atoms with E-state index in [2.05, 4.69) is 30.1 Å². The maximum atomic E-state index is 13.3. The number of carbonyl (C=O) groups is 2. The van der Waals surface area contributed by atoms with Gasteiger partial charge in [-0.15, -0.1) is 0 Å². The minimum atomic E-state index is -4.03. The Balaban J connectivity index is 1.19. The Bertz CT molecular complexity index is 1770. The van der Waals surface area contributed by atoms with Crippen LogP contribution in [-0.4, -0.2) is 66.8 Å². The first-order valence-corrected chi connectivity index (χ1v) is 15.5. The van der Waals surface area contributed by atoms with Gasteiger partial charge in [0.25, 0.3) is 5.91 Å². The van der Waals surface area contributed by atoms with E-state index in [1.807, 2.05) is 0 Å². The molecule has 0 bridgehead atoms. The van der Waals surface area contributed by atoms with Gasteiger partial charge in [0.1, 0.15) is 11.6 Å². The Morgan fingerprint density at radius 1 is 1.11 bits per heavy atom. The van der Waals surface area contributed by atoms with Crippen LogP contribution in [0.2, 0.25) is 5.15 Å². The molecule has 45 heavy (non-hydrogen) atoms. The Morgan fingerprint density at radius 2 is 1.84 bits per heavy atom. The number of rotatable bonds is 9. The summed E-state index contributed by atoms with van der Waals surface area (Å²) in [6, 6.07) is 11.4. The lowest BCUT2D eigenvalue weighted by Crippen LogP contribution is -2.53. The van der Waals surface area contributed by atoms with Crippen LogP contribution in [0.25, 0.3) is 0 Å². The smallest absolute Gasteiger partial charge is 0.387 e. The van der Waals surface area contributed by atoms with Crippen molar-refractivity contribution in [2.24, 2.45) is 0 Å². The highest BCUT2D eigenvalue weighted by atomic mass is 35.5. The number of sulfonamides is 1. The van der Waals surface area contributed by atoms with Gasteiger partial charge in [-0.1, -0.05) is 29.8 Å². The summed E-state index contributed by atoms with van der Waals surface area (Å²) in [6.07, 6.45) is 2.43. The highest BCUT2D eigenvalue weighted by molar-refractivity contribution is 7.89. The maximum Gasteiger partial charge on any atom is 0.387 e. The van der Waals surface area contributed by atoms with Crippen LogP contribution < -0.4 is 31.6 Å². The molecule has 2 fully saturated rings. The molecule has 13 nitrogen and oxygen atoms in total. The molecule has 2 aromatic carbocycles. The van der Waals surface area contributed by atoms with Crippen LogP contribution in [0.3, 0.4) is 0 Å². The molecule has 3 aromatic rings. The van der Waals surface area contributed by atoms with Gasteiger partial charge < -0.3 is 31.7 Å². The maximum absolute atomic E-state index is 13.3. The number of alkyl halides is 2. The highest BCUT2D eigenvalue weighted by Gasteiger charge is 2.40. The van der Waals surface area contributed by atoms with Crippen molar-refractivity contribution in [1.29, 1.82) is 0 Å². The van der Waals surface area contributed by atoms with Gasteiger partial charge >= 0.3 is 6.61 Å². The van der Waals surface area contributed by atoms with E-state index in [0.29, 0.717) is 43.9 Å². The number of nitrogens with zero attached hydrogens (tertiary/aromatic N) is 3. The molecule has 2 aliphatic rings. The van der Waals surface area contributed by atoms with Crippen LogP contribution in [0.1, 0.15) is 39.3 Å². The first-order chi connectivity index (χ1) is 21.3. The van der Waals surface area contributed by atoms with E-state index in [9.17, 15) is 26.8 Å². The first kappa shape index (κ1) is 31.9. The van der Waals surface area contributed by atoms with Gasteiger partial charge in [0.05, 0.1) is 10.4 Å². The van der Waals surface area contributed by atoms with Crippen LogP contribution in [0, 0.1) is 0 Å². The molecule has 0 radical (unpaired) electrons. The molecular formula is C28H29ClF2N8O5S. The summed E-state index contributed by atoms with van der Waals surface area (Å²) >= 11 is 5.89. The van der Waals surface area contributed by atoms with Gasteiger partial charge in [-0.25, -0.2) is 23.1 Å². The number of hydrogen-bond donors (Lipinski definition) is 5. The SMILES string of the molecule is Nc1nc(N)c(C(=O)/C=C2\NCC3(CCN(C(=O)c4cccc(S(=O)(=O)NCc5cccc(OC(F)F)c5)c4)CC3)N2)nc1Cl. The number of hydrogen-bond acceptors (Lipinski definition) is 11. The van der Waals surface area contributed by atoms with Crippen LogP contribution in [0.5, 0.6) is 5.75 Å². The number of nitrogens with two attached hydrogens (primary N) is 2. The number of ether oxygens (including phenoxy) is 1. The minimum absolute atomic E-state index is 0.0791. The molecule has 3 heterocycles. The predicted molar refractivity (Wildman–Crippen MR) is 161 cm³/mol. The molecule has 1 aromatic heterocycles. The third-order valence-electron chi connectivity index (χ3n) is 7.42. The first-order valence-electron chi connectivity index (χ1n) is 13.6. The van der Waals surface area contributed by atoms with E-state index in [1.54, 1.807) is 11.0 Å². The molecule has 5 rings (SSSR count). The highest BCUT2D eigenvalue weighted by Crippen LogP contribution is 2.28. The van der Waals surface area contributed by atoms with E-state index in [-0.39, 0.29) is 51.1 Å². The molecule has 7 N–H and O–H groups in total. The number of nitrogen functional groups attached to an aromatic ring is 2. The third-order valence-corrected chi connectivity index (χ3v) is 9.10. The van der Waals surface area contributed by atoms with Crippen molar-refractivity contribution < 1.29 is 31.5 Å². The largest absolute Gasteiger partial charge is 0.435 e. The van der Waals surface area contributed by atoms with Gasteiger partial charge in [-0.2, -0.15) is 8.78 Å². The number of carbonyl (C=O) groups excluding carboxylic acids is 2. The average Bonchev–Trinajstić information content (AvgIpc) is 3.39. The number of nitrogens with one attached hydrogen (secondary N) is 3. The Labute approximate surface area is 262 Å². The molecule has 1 amide bonds. The van der Waals surface area contributed by atoms with E-state index < -0.39 is 28.0 Å². The van der Waals surface area contributed by atoms with Gasteiger partial charge in [0.2, 0.25) is 15.8 Å². The lowest BCUT2D eigenvalue weighted by Gasteiger charge is -2.39. The monoisotopic (exact) mass is 662 g/mol. The summed E-state index contributed by atoms with van der Waals surface area (Å²) in [5, 5.41) is 6.37. The number of ketones is 1. The lowest BCUT2D eigenvalue weighted by atomic mass is 9.88. The molecule has 17 heteroatoms. The number of anilines is 2. The van der Waals surface area contributed by atoms with E-state index in [4.69, 9.17) is 23.1 Å². The number of amides is 1. The van der Waals surface area contributed by atoms with Gasteiger partial charge in [0, 0.05) is 37.8 Å². The van der Waals surface area contributed by atoms with Crippen molar-refractivity contribution in [3.05, 3.63) is 82.4 Å². The summed E-state index contributed by atoms with van der Waals surface area (Å²) < 4.78 is 57.7. The number of likely N-dealkylation sites (tertiary alicyclic amines) is 1. The molecular weight excluding hydrogens is 634 g/mol. The fourth-order valence-corrected chi connectivity index (χ4v) is 6.25. The van der Waals surface area contributed by atoms with Crippen molar-refractivity contribution in [3.8, 4) is 5.75 Å². The Hall–Kier alpha value is -4.54. The second kappa shape index (κ2) is 12.8. The number of allylic oxidation sites excluding steroid dienone is 1. The topological polar surface area (TPSA) is 195 Å². The Kier molecular flexibility index (Phi) is 9.08. The van der Waals surface area contributed by atoms with Crippen LogP contribution in [0.15, 0.2) is 65.3 Å². The molecule has 2 aliphatic heterocycles. The fraction of sp³-hybridized carbons (Fsp3) is 0.286. The van der Waals surface area contributed by atoms with Gasteiger partial charge in [-0.3, -0.25) is 9.59 Å². The predicted octanol–water partition coefficient (Wildman–Crippen LogP) is 2.27. The summed E-state index contributed by atoms with van der Waals surface area (Å²) in [5.74, 6) is -0.689. The van der Waals surface area contributed by atoms with E-state index >= 15 is 0 Å². The molecule has 2 saturated heterocycles. The van der Waals surface area contributed by atoms with Crippen LogP contribution in [-0.2, 0) is 16.6 Å². The number of aromatic nitrogens is 2. The molecule has 0 aliphatic carbocycles. The van der Waals surface area contributed by atoms with E-state index in [1.165, 1.54) is 48.5 Å². The van der Waals surface area contributed by atoms with E-state index in [0.717, 1.165) is 0 Å². The zero-order valence-electron chi connectivity index (χ0n) is 23.6. The second-order valence-electron chi connectivity index (χ2n) is 10.5. The number of benzene rings is 2. The molecule has 0 saturated carbocycles. The van der Waals surface area contributed by atoms with Gasteiger partial charge in [-0.05, 0) is 48.7 Å². The van der Waals surface area contributed by atoms with Crippen molar-refractivity contribution in [1.82, 2.24) is 30.2 Å². The second-order valence-corrected chi connectivity index (χ2v) is 12.6. The molecule has 0 unspecified atom stereocenters. The average molecular weight is 663 g/mol. The van der Waals surface area contributed by atoms with Crippen molar-refractivity contribution in [3.63, 3.8) is 0 Å². The van der Waals surface area contributed by atoms with Gasteiger partial charge in [0.15, 0.2) is 22.5 Å². The number of halogens is 3. The summed E-state index contributed by atoms with van der Waals surface area (Å²) in [5.41, 5.74) is 11.4. The van der Waals surface area contributed by atoms with Crippen LogP contribution >= 0.6 is 11.6 Å². The summed E-state index contributed by atoms with van der Waals surface area (Å²) in [6.45, 7) is -1.91. The van der Waals surface area contributed by atoms with Crippen molar-refractivity contribution in [2.75, 3.05) is 31.1 Å². The number of piperidine rings is 1. The molecule has 1 spiro atoms. The minimum Gasteiger partial charge on any atom is -0.435 e. The normalized spacial score (nSPS) is 16.9. The summed E-state index contributed by atoms with van der Waals surface area (Å²) in [4.78, 5) is 35.4. The standard InChI is InChI=1S/C28H29ClF2N8O5S/c29-23-25(33)37-24(32)22(36-23)20(40)13-21-34-15-28(38-21)7-9-39(10-8-28)26(41)17-4-2-6-19(12-17)45(42,43)35-14-16-3-1-5-18(11-16)44-27(30)31/h1-6,11-13,27,34-35,38H,7-10,14-15H2,(H4,32,33,37)/b21-13+. The Morgan fingerprint density at radius 3 is 2.58 bits per heavy atom. The van der Waals surface area contributed by atoms with Crippen molar-refractivity contribution in [2.45, 2.75) is 36.4 Å².